The van der Waals surface area contributed by atoms with Crippen LogP contribution < -0.4 is 4.74 Å². The third-order valence-electron chi connectivity index (χ3n) is 7.85. The molecule has 136 valence electrons. The maximum atomic E-state index is 12.7. The lowest BCUT2D eigenvalue weighted by Crippen LogP contribution is -2.75. The molecule has 1 saturated heterocycles. The highest BCUT2D eigenvalue weighted by Crippen LogP contribution is 2.64. The van der Waals surface area contributed by atoms with E-state index in [0.717, 1.165) is 24.1 Å². The minimum absolute atomic E-state index is 0.0148. The zero-order valence-electron chi connectivity index (χ0n) is 14.8. The summed E-state index contributed by atoms with van der Waals surface area (Å²) in [6, 6.07) is 3.62. The Morgan fingerprint density at radius 2 is 2.12 bits per heavy atom. The van der Waals surface area contributed by atoms with E-state index in [9.17, 15) is 15.0 Å². The highest BCUT2D eigenvalue weighted by atomic mass is 16.5. The highest BCUT2D eigenvalue weighted by molar-refractivity contribution is 5.90. The highest BCUT2D eigenvalue weighted by Gasteiger charge is 2.75. The molecule has 5 nitrogen and oxygen atoms in total. The number of ketones is 1. The number of Topliss-reactive ketones (excluding diaryl/α,β-unsaturated/α-hetero) is 1. The fourth-order valence-corrected chi connectivity index (χ4v) is 6.40. The summed E-state index contributed by atoms with van der Waals surface area (Å²) in [6.45, 7) is 0.838. The van der Waals surface area contributed by atoms with Gasteiger partial charge >= 0.3 is 0 Å². The molecule has 3 fully saturated rings. The standard InChI is InChI=1S/C21H23NO4/c23-14-5-4-13-10-16-21(25)7-6-15(24)19-20(21,17(13)18(14)26-19)8-9-22(16)11-12-2-1-3-12/h4-5,11-12,16,19,25H,1-3,6-10H2/p+1/t16-,19+,20+,21-/m1/s1. The Morgan fingerprint density at radius 3 is 2.88 bits per heavy atom. The van der Waals surface area contributed by atoms with Crippen molar-refractivity contribution in [1.29, 1.82) is 0 Å². The van der Waals surface area contributed by atoms with E-state index in [1.165, 1.54) is 19.3 Å². The number of hydrogen-bond acceptors (Lipinski definition) is 4. The van der Waals surface area contributed by atoms with E-state index in [1.807, 2.05) is 6.07 Å². The van der Waals surface area contributed by atoms with Crippen LogP contribution in [0, 0.1) is 5.92 Å². The number of phenolic OH excluding ortho intramolecular Hbond substituents is 1. The molecule has 0 radical (unpaired) electrons. The number of carbonyl (C=O) groups excluding carboxylic acids is 1. The van der Waals surface area contributed by atoms with Crippen molar-refractivity contribution in [2.45, 2.75) is 68.1 Å². The number of ether oxygens (including phenoxy) is 1. The van der Waals surface area contributed by atoms with Crippen molar-refractivity contribution in [3.05, 3.63) is 23.3 Å². The maximum absolute atomic E-state index is 12.7. The zero-order chi connectivity index (χ0) is 17.7. The first-order chi connectivity index (χ1) is 12.5. The summed E-state index contributed by atoms with van der Waals surface area (Å²) < 4.78 is 8.42. The van der Waals surface area contributed by atoms with Crippen LogP contribution in [0.1, 0.15) is 49.7 Å². The van der Waals surface area contributed by atoms with Gasteiger partial charge in [0.25, 0.3) is 0 Å². The Bertz CT molecular complexity index is 873. The molecule has 3 aliphatic carbocycles. The van der Waals surface area contributed by atoms with Gasteiger partial charge in [-0.15, -0.1) is 0 Å². The summed E-state index contributed by atoms with van der Waals surface area (Å²) in [5.74, 6) is 1.22. The van der Waals surface area contributed by atoms with Crippen LogP contribution in [0.3, 0.4) is 0 Å². The van der Waals surface area contributed by atoms with Gasteiger partial charge in [0.2, 0.25) is 0 Å². The van der Waals surface area contributed by atoms with E-state index in [0.29, 0.717) is 30.9 Å². The van der Waals surface area contributed by atoms with Gasteiger partial charge in [-0.1, -0.05) is 12.5 Å². The molecule has 2 bridgehead atoms. The van der Waals surface area contributed by atoms with Crippen molar-refractivity contribution < 1.29 is 24.3 Å². The molecule has 5 heteroatoms. The van der Waals surface area contributed by atoms with Crippen molar-refractivity contribution in [2.24, 2.45) is 5.92 Å². The van der Waals surface area contributed by atoms with Gasteiger partial charge in [-0.2, -0.15) is 0 Å². The summed E-state index contributed by atoms with van der Waals surface area (Å²) in [7, 11) is 0. The van der Waals surface area contributed by atoms with E-state index in [2.05, 4.69) is 10.8 Å². The SMILES string of the molecule is O=C1CC[C@@]2(O)[C@H]3Cc4ccc(O)c5c4[C@@]2(CC[N+]3=CC2CCC2)[C@H]1O5. The molecule has 0 unspecified atom stereocenters. The second-order valence-electron chi connectivity index (χ2n) is 8.86. The minimum Gasteiger partial charge on any atom is -0.504 e. The number of benzene rings is 1. The monoisotopic (exact) mass is 354 g/mol. The molecule has 6 rings (SSSR count). The normalized spacial score (nSPS) is 41.6. The molecule has 1 aromatic carbocycles. The van der Waals surface area contributed by atoms with Crippen LogP contribution in [0.5, 0.6) is 11.5 Å². The van der Waals surface area contributed by atoms with Crippen LogP contribution in [-0.4, -0.2) is 51.1 Å². The Labute approximate surface area is 152 Å². The maximum Gasteiger partial charge on any atom is 0.185 e. The summed E-state index contributed by atoms with van der Waals surface area (Å²) in [5.41, 5.74) is 0.364. The van der Waals surface area contributed by atoms with Gasteiger partial charge < -0.3 is 14.9 Å². The van der Waals surface area contributed by atoms with Gasteiger partial charge in [-0.3, -0.25) is 4.79 Å². The van der Waals surface area contributed by atoms with E-state index < -0.39 is 17.1 Å². The summed E-state index contributed by atoms with van der Waals surface area (Å²) in [4.78, 5) is 12.7. The number of nitrogens with zero attached hydrogens (tertiary/aromatic N) is 1. The number of aromatic hydroxyl groups is 1. The fraction of sp³-hybridized carbons (Fsp3) is 0.619. The molecule has 1 aromatic rings. The average Bonchev–Trinajstić information content (AvgIpc) is 2.93. The van der Waals surface area contributed by atoms with Crippen molar-refractivity contribution in [3.8, 4) is 11.5 Å². The first-order valence-electron chi connectivity index (χ1n) is 9.92. The van der Waals surface area contributed by atoms with Crippen LogP contribution in [0.2, 0.25) is 0 Å². The van der Waals surface area contributed by atoms with Crippen LogP contribution >= 0.6 is 0 Å². The fourth-order valence-electron chi connectivity index (χ4n) is 6.40. The summed E-state index contributed by atoms with van der Waals surface area (Å²) >= 11 is 0. The molecule has 26 heavy (non-hydrogen) atoms. The quantitative estimate of drug-likeness (QED) is 0.753. The first-order valence-corrected chi connectivity index (χ1v) is 9.92. The van der Waals surface area contributed by atoms with Gasteiger partial charge in [0.1, 0.15) is 18.4 Å². The molecule has 2 N–H and O–H groups in total. The summed E-state index contributed by atoms with van der Waals surface area (Å²) in [5, 5.41) is 22.4. The number of rotatable bonds is 1. The number of carbonyl (C=O) groups is 1. The van der Waals surface area contributed by atoms with E-state index in [4.69, 9.17) is 4.74 Å². The number of hydrogen-bond donors (Lipinski definition) is 2. The average molecular weight is 354 g/mol. The molecule has 2 saturated carbocycles. The molecule has 5 aliphatic rings. The third-order valence-corrected chi connectivity index (χ3v) is 7.85. The lowest BCUT2D eigenvalue weighted by atomic mass is 9.49. The van der Waals surface area contributed by atoms with Crippen LogP contribution in [0.25, 0.3) is 0 Å². The molecule has 0 aromatic heterocycles. The van der Waals surface area contributed by atoms with Gasteiger partial charge in [-0.05, 0) is 30.9 Å². The van der Waals surface area contributed by atoms with Crippen LogP contribution in [0.15, 0.2) is 12.1 Å². The van der Waals surface area contributed by atoms with E-state index in [-0.39, 0.29) is 17.6 Å². The number of aliphatic hydroxyl groups is 1. The molecule has 4 atom stereocenters. The molecule has 2 heterocycles. The number of phenols is 1. The second kappa shape index (κ2) is 4.69. The van der Waals surface area contributed by atoms with Crippen molar-refractivity contribution >= 4 is 12.0 Å². The molecular formula is C21H24NO4+. The Kier molecular flexibility index (Phi) is 2.74. The van der Waals surface area contributed by atoms with Gasteiger partial charge in [0, 0.05) is 30.7 Å². The molecule has 2 aliphatic heterocycles. The van der Waals surface area contributed by atoms with Crippen molar-refractivity contribution in [3.63, 3.8) is 0 Å². The smallest absolute Gasteiger partial charge is 0.185 e. The van der Waals surface area contributed by atoms with Crippen LogP contribution in [0.4, 0.5) is 0 Å². The minimum atomic E-state index is -0.976. The van der Waals surface area contributed by atoms with E-state index in [1.54, 1.807) is 6.07 Å². The predicted octanol–water partition coefficient (Wildman–Crippen LogP) is 1.70. The third kappa shape index (κ3) is 1.54. The zero-order valence-corrected chi connectivity index (χ0v) is 14.8. The Balaban J connectivity index is 1.59. The predicted molar refractivity (Wildman–Crippen MR) is 94.0 cm³/mol. The molecule has 0 amide bonds. The Morgan fingerprint density at radius 1 is 1.27 bits per heavy atom. The summed E-state index contributed by atoms with van der Waals surface area (Å²) in [6.07, 6.45) is 7.75. The van der Waals surface area contributed by atoms with Gasteiger partial charge in [0.05, 0.1) is 5.41 Å². The van der Waals surface area contributed by atoms with Crippen LogP contribution in [-0.2, 0) is 16.6 Å². The van der Waals surface area contributed by atoms with Crippen molar-refractivity contribution in [2.75, 3.05) is 6.54 Å². The van der Waals surface area contributed by atoms with Gasteiger partial charge in [-0.25, -0.2) is 4.58 Å². The topological polar surface area (TPSA) is 69.8 Å². The second-order valence-corrected chi connectivity index (χ2v) is 8.86. The van der Waals surface area contributed by atoms with Gasteiger partial charge in [0.15, 0.2) is 29.4 Å². The lowest BCUT2D eigenvalue weighted by molar-refractivity contribution is -0.607. The van der Waals surface area contributed by atoms with Crippen molar-refractivity contribution in [1.82, 2.24) is 0 Å². The largest absolute Gasteiger partial charge is 0.504 e. The molecular weight excluding hydrogens is 330 g/mol. The number of piperidine rings is 1. The first kappa shape index (κ1) is 15.2. The van der Waals surface area contributed by atoms with E-state index >= 15 is 0 Å². The molecule has 1 spiro atoms. The lowest BCUT2D eigenvalue weighted by Gasteiger charge is -2.56. The Hall–Kier alpha value is -1.88.